The smallest absolute Gasteiger partial charge is 0.378 e. The van der Waals surface area contributed by atoms with Crippen LogP contribution in [0, 0.1) is 0 Å². The Morgan fingerprint density at radius 2 is 2.13 bits per heavy atom. The Morgan fingerprint density at radius 3 is 2.84 bits per heavy atom. The third kappa shape index (κ3) is 5.99. The van der Waals surface area contributed by atoms with Crippen LogP contribution in [0.1, 0.15) is 36.3 Å². The van der Waals surface area contributed by atoms with E-state index >= 15 is 0 Å². The van der Waals surface area contributed by atoms with Gasteiger partial charge in [0.2, 0.25) is 0 Å². The first-order valence-corrected chi connectivity index (χ1v) is 13.8. The van der Waals surface area contributed by atoms with Gasteiger partial charge >= 0.3 is 7.82 Å². The summed E-state index contributed by atoms with van der Waals surface area (Å²) < 4.78 is 28.2. The van der Waals surface area contributed by atoms with Gasteiger partial charge in [0.05, 0.1) is 41.5 Å². The summed E-state index contributed by atoms with van der Waals surface area (Å²) in [5.41, 5.74) is 2.42. The molecule has 1 amide bonds. The van der Waals surface area contributed by atoms with Crippen LogP contribution in [0.15, 0.2) is 48.4 Å². The lowest BCUT2D eigenvalue weighted by molar-refractivity contribution is -0.0226. The van der Waals surface area contributed by atoms with E-state index in [1.54, 1.807) is 11.6 Å². The zero-order valence-electron chi connectivity index (χ0n) is 20.6. The van der Waals surface area contributed by atoms with Gasteiger partial charge in [-0.05, 0) is 31.9 Å². The number of hydrogen-bond acceptors (Lipinski definition) is 11. The van der Waals surface area contributed by atoms with Crippen molar-refractivity contribution in [1.82, 2.24) is 35.8 Å². The molecule has 5 rings (SSSR count). The highest BCUT2D eigenvalue weighted by Gasteiger charge is 2.32. The highest BCUT2D eigenvalue weighted by Crippen LogP contribution is 2.38. The van der Waals surface area contributed by atoms with E-state index < -0.39 is 13.7 Å². The van der Waals surface area contributed by atoms with Crippen LogP contribution in [0.2, 0.25) is 0 Å². The molecule has 4 aromatic rings. The van der Waals surface area contributed by atoms with Gasteiger partial charge in [-0.15, -0.1) is 16.4 Å². The maximum Gasteiger partial charge on any atom is 0.547 e. The van der Waals surface area contributed by atoms with Crippen LogP contribution in [0.5, 0.6) is 0 Å². The molecule has 4 heterocycles. The number of amides is 1. The second-order valence-corrected chi connectivity index (χ2v) is 10.5. The molecule has 1 unspecified atom stereocenters. The predicted octanol–water partition coefficient (Wildman–Crippen LogP) is 3.59. The fourth-order valence-corrected chi connectivity index (χ4v) is 4.93. The highest BCUT2D eigenvalue weighted by molar-refractivity contribution is 7.47. The summed E-state index contributed by atoms with van der Waals surface area (Å²) in [6.45, 7) is 2.66. The molecule has 16 heteroatoms. The van der Waals surface area contributed by atoms with Gasteiger partial charge in [0.1, 0.15) is 16.4 Å². The number of nitrogens with one attached hydrogen (secondary N) is 1. The first-order valence-electron chi connectivity index (χ1n) is 11.4. The minimum absolute atomic E-state index is 0. The largest absolute Gasteiger partial charge is 0.547 e. The summed E-state index contributed by atoms with van der Waals surface area (Å²) in [7, 11) is -3.22. The van der Waals surface area contributed by atoms with E-state index in [4.69, 9.17) is 14.5 Å². The molecule has 0 bridgehead atoms. The maximum atomic E-state index is 13.1. The first kappa shape index (κ1) is 27.6. The molecule has 14 nitrogen and oxygen atoms in total. The fraction of sp³-hybridized carbons (Fsp3) is 0.318. The number of anilines is 1. The summed E-state index contributed by atoms with van der Waals surface area (Å²) in [4.78, 5) is 32.1. The maximum absolute atomic E-state index is 13.1. The van der Waals surface area contributed by atoms with Crippen molar-refractivity contribution < 1.29 is 28.1 Å². The van der Waals surface area contributed by atoms with E-state index in [0.717, 1.165) is 24.8 Å². The van der Waals surface area contributed by atoms with Crippen LogP contribution in [-0.4, -0.2) is 60.3 Å². The molecule has 38 heavy (non-hydrogen) atoms. The summed E-state index contributed by atoms with van der Waals surface area (Å²) in [5, 5.41) is 13.6. The summed E-state index contributed by atoms with van der Waals surface area (Å²) in [6.07, 6.45) is 8.17. The van der Waals surface area contributed by atoms with Crippen molar-refractivity contribution in [3.8, 4) is 22.0 Å². The minimum Gasteiger partial charge on any atom is -0.378 e. The van der Waals surface area contributed by atoms with Crippen molar-refractivity contribution in [1.29, 1.82) is 0 Å². The molecule has 1 atom stereocenters. The number of nitrogens with zero attached hydrogens (tertiary/aromatic N) is 6. The molecular formula is C22H27N8O6PS. The van der Waals surface area contributed by atoms with Crippen LogP contribution in [0.4, 0.5) is 5.69 Å². The van der Waals surface area contributed by atoms with Gasteiger partial charge in [-0.25, -0.2) is 9.55 Å². The molecule has 1 aliphatic rings. The number of pyridine rings is 1. The van der Waals surface area contributed by atoms with E-state index in [0.29, 0.717) is 34.3 Å². The SMILES string of the molecule is CCOC1CC(n2cc(NC(=O)c3csc(-c4cnn(OP(=O)(O)OC)c4)n3)c(-c3ccccn3)n2)C1.N. The van der Waals surface area contributed by atoms with Crippen molar-refractivity contribution in [2.45, 2.75) is 31.9 Å². The van der Waals surface area contributed by atoms with E-state index in [1.165, 1.54) is 23.7 Å². The number of aromatic nitrogens is 6. The molecule has 1 saturated carbocycles. The first-order chi connectivity index (χ1) is 17.8. The van der Waals surface area contributed by atoms with Crippen molar-refractivity contribution in [2.75, 3.05) is 19.0 Å². The van der Waals surface area contributed by atoms with Gasteiger partial charge in [-0.3, -0.25) is 28.5 Å². The molecule has 0 aromatic carbocycles. The number of thiazole rings is 1. The lowest BCUT2D eigenvalue weighted by atomic mass is 9.89. The molecule has 0 aliphatic heterocycles. The molecule has 0 spiro atoms. The third-order valence-corrected chi connectivity index (χ3v) is 7.42. The lowest BCUT2D eigenvalue weighted by Gasteiger charge is -2.34. The Hall–Kier alpha value is -3.46. The van der Waals surface area contributed by atoms with Gasteiger partial charge in [0.25, 0.3) is 5.91 Å². The highest BCUT2D eigenvalue weighted by atomic mass is 32.1. The minimum atomic E-state index is -4.26. The molecule has 4 aromatic heterocycles. The Balaban J connectivity index is 0.00000336. The molecule has 0 saturated heterocycles. The number of carbonyl (C=O) groups excluding carboxylic acids is 1. The van der Waals surface area contributed by atoms with E-state index in [1.807, 2.05) is 36.0 Å². The van der Waals surface area contributed by atoms with E-state index in [-0.39, 0.29) is 24.0 Å². The summed E-state index contributed by atoms with van der Waals surface area (Å²) in [5.74, 6) is -0.414. The van der Waals surface area contributed by atoms with Crippen molar-refractivity contribution >= 4 is 30.8 Å². The standard InChI is InChI=1S/C22H24N7O6PS.H3N/c1-3-34-16-8-15(9-16)28-12-18(20(27-28)17-6-4-5-7-23-17)25-21(30)19-13-37-22(26-19)14-10-24-29(11-14)35-36(31,32)33-2;/h4-7,10-13,15-16H,3,8-9H2,1-2H3,(H,25,30)(H,31,32);1H3. The molecular weight excluding hydrogens is 535 g/mol. The molecule has 202 valence electrons. The van der Waals surface area contributed by atoms with Crippen LogP contribution in [-0.2, 0) is 13.8 Å². The van der Waals surface area contributed by atoms with Crippen molar-refractivity contribution in [3.63, 3.8) is 0 Å². The monoisotopic (exact) mass is 562 g/mol. The number of rotatable bonds is 10. The average Bonchev–Trinajstić information content (AvgIpc) is 3.61. The van der Waals surface area contributed by atoms with E-state index in [9.17, 15) is 14.3 Å². The normalized spacial score (nSPS) is 18.2. The average molecular weight is 563 g/mol. The van der Waals surface area contributed by atoms with Gasteiger partial charge in [0.15, 0.2) is 0 Å². The van der Waals surface area contributed by atoms with E-state index in [2.05, 4.69) is 24.9 Å². The van der Waals surface area contributed by atoms with Crippen LogP contribution >= 0.6 is 19.2 Å². The predicted molar refractivity (Wildman–Crippen MR) is 139 cm³/mol. The van der Waals surface area contributed by atoms with Gasteiger partial charge in [-0.2, -0.15) is 5.10 Å². The van der Waals surface area contributed by atoms with Gasteiger partial charge in [0, 0.05) is 31.5 Å². The lowest BCUT2D eigenvalue weighted by Crippen LogP contribution is -2.33. The Labute approximate surface area is 221 Å². The quantitative estimate of drug-likeness (QED) is 0.239. The number of ether oxygens (including phenoxy) is 1. The molecule has 1 fully saturated rings. The van der Waals surface area contributed by atoms with Crippen molar-refractivity contribution in [3.05, 3.63) is 54.1 Å². The number of hydrogen-bond donors (Lipinski definition) is 3. The second kappa shape index (κ2) is 11.5. The third-order valence-electron chi connectivity index (χ3n) is 5.70. The number of phosphoric acid groups is 1. The van der Waals surface area contributed by atoms with Crippen molar-refractivity contribution in [2.24, 2.45) is 0 Å². The molecule has 0 radical (unpaired) electrons. The Morgan fingerprint density at radius 1 is 1.32 bits per heavy atom. The number of phosphoric ester groups is 1. The zero-order chi connectivity index (χ0) is 26.0. The van der Waals surface area contributed by atoms with Crippen LogP contribution in [0.3, 0.4) is 0 Å². The Kier molecular flexibility index (Phi) is 8.35. The zero-order valence-corrected chi connectivity index (χ0v) is 22.3. The second-order valence-electron chi connectivity index (χ2n) is 8.15. The summed E-state index contributed by atoms with van der Waals surface area (Å²) in [6, 6.07) is 5.69. The summed E-state index contributed by atoms with van der Waals surface area (Å²) >= 11 is 1.22. The van der Waals surface area contributed by atoms with Crippen LogP contribution < -0.4 is 16.1 Å². The van der Waals surface area contributed by atoms with Crippen LogP contribution in [0.25, 0.3) is 22.0 Å². The Bertz CT molecular complexity index is 1430. The number of carbonyl (C=O) groups is 1. The van der Waals surface area contributed by atoms with Gasteiger partial charge < -0.3 is 16.2 Å². The van der Waals surface area contributed by atoms with Gasteiger partial charge in [-0.1, -0.05) is 10.9 Å². The fourth-order valence-electron chi connectivity index (χ4n) is 3.78. The molecule has 1 aliphatic carbocycles. The molecule has 5 N–H and O–H groups in total. The topological polar surface area (TPSA) is 191 Å².